The number of rotatable bonds is 7. The lowest BCUT2D eigenvalue weighted by molar-refractivity contribution is -0.120. The second-order valence-electron chi connectivity index (χ2n) is 8.48. The number of nitrogens with one attached hydrogen (secondary N) is 1. The van der Waals surface area contributed by atoms with Gasteiger partial charge in [0.05, 0.1) is 12.6 Å². The first-order valence-corrected chi connectivity index (χ1v) is 11.0. The van der Waals surface area contributed by atoms with Crippen LogP contribution in [0.1, 0.15) is 43.0 Å². The molecule has 0 spiro atoms. The second-order valence-corrected chi connectivity index (χ2v) is 9.32. The van der Waals surface area contributed by atoms with E-state index in [1.807, 2.05) is 42.5 Å². The van der Waals surface area contributed by atoms with E-state index < -0.39 is 0 Å². The van der Waals surface area contributed by atoms with Crippen molar-refractivity contribution in [2.75, 3.05) is 0 Å². The van der Waals surface area contributed by atoms with Gasteiger partial charge >= 0.3 is 0 Å². The summed E-state index contributed by atoms with van der Waals surface area (Å²) in [6.07, 6.45) is 1.83. The Hall–Kier alpha value is -2.82. The lowest BCUT2D eigenvalue weighted by atomic mass is 9.86. The highest BCUT2D eigenvalue weighted by atomic mass is 35.5. The monoisotopic (exact) mass is 468 g/mol. The smallest absolute Gasteiger partial charge is 0.244 e. The molecule has 0 saturated carbocycles. The minimum atomic E-state index is -0.184. The molecule has 0 radical (unpaired) electrons. The molecule has 3 aromatic carbocycles. The number of hydrogen-bond acceptors (Lipinski definition) is 3. The molecule has 0 aromatic heterocycles. The van der Waals surface area contributed by atoms with Gasteiger partial charge in [0.2, 0.25) is 5.91 Å². The van der Waals surface area contributed by atoms with E-state index in [-0.39, 0.29) is 24.3 Å². The van der Waals surface area contributed by atoms with Crippen molar-refractivity contribution in [3.8, 4) is 5.75 Å². The number of halogens is 2. The topological polar surface area (TPSA) is 50.7 Å². The zero-order valence-electron chi connectivity index (χ0n) is 18.4. The normalized spacial score (nSPS) is 11.5. The standard InChI is InChI=1S/C26H26Cl2N2O2/c1-26(2,3)21-11-8-18(9-12-21)14-25(31)30-29-16-19-6-4-5-7-24(19)32-17-20-10-13-22(27)15-23(20)28/h4-13,15-16H,14,17H2,1-3H3,(H,30,31)/b29-16-. The zero-order valence-corrected chi connectivity index (χ0v) is 19.9. The molecule has 0 heterocycles. The van der Waals surface area contributed by atoms with Crippen molar-refractivity contribution in [3.05, 3.63) is 99.0 Å². The van der Waals surface area contributed by atoms with Crippen LogP contribution in [0, 0.1) is 0 Å². The minimum Gasteiger partial charge on any atom is -0.488 e. The Morgan fingerprint density at radius 1 is 1.03 bits per heavy atom. The van der Waals surface area contributed by atoms with E-state index >= 15 is 0 Å². The summed E-state index contributed by atoms with van der Waals surface area (Å²) in [7, 11) is 0. The predicted molar refractivity (Wildman–Crippen MR) is 132 cm³/mol. The maximum atomic E-state index is 12.3. The average molecular weight is 469 g/mol. The Kier molecular flexibility index (Phi) is 7.94. The van der Waals surface area contributed by atoms with Crippen LogP contribution in [-0.2, 0) is 23.2 Å². The summed E-state index contributed by atoms with van der Waals surface area (Å²) in [6, 6.07) is 20.8. The Morgan fingerprint density at radius 2 is 1.75 bits per heavy atom. The Morgan fingerprint density at radius 3 is 2.44 bits per heavy atom. The van der Waals surface area contributed by atoms with Crippen molar-refractivity contribution >= 4 is 35.3 Å². The number of hydrogen-bond donors (Lipinski definition) is 1. The summed E-state index contributed by atoms with van der Waals surface area (Å²) < 4.78 is 5.90. The molecule has 0 saturated heterocycles. The van der Waals surface area contributed by atoms with Crippen molar-refractivity contribution in [2.45, 2.75) is 39.2 Å². The highest BCUT2D eigenvalue weighted by Gasteiger charge is 2.13. The van der Waals surface area contributed by atoms with Crippen LogP contribution in [0.15, 0.2) is 71.8 Å². The lowest BCUT2D eigenvalue weighted by Crippen LogP contribution is -2.20. The molecule has 166 valence electrons. The van der Waals surface area contributed by atoms with Crippen LogP contribution in [0.5, 0.6) is 5.75 Å². The number of carbonyl (C=O) groups is 1. The summed E-state index contributed by atoms with van der Waals surface area (Å²) in [6.45, 7) is 6.77. The lowest BCUT2D eigenvalue weighted by Gasteiger charge is -2.19. The van der Waals surface area contributed by atoms with E-state index in [0.717, 1.165) is 16.7 Å². The van der Waals surface area contributed by atoms with Gasteiger partial charge in [-0.1, -0.05) is 86.4 Å². The SMILES string of the molecule is CC(C)(C)c1ccc(CC(=O)N/N=C\c2ccccc2OCc2ccc(Cl)cc2Cl)cc1. The maximum Gasteiger partial charge on any atom is 0.244 e. The summed E-state index contributed by atoms with van der Waals surface area (Å²) in [5.41, 5.74) is 6.40. The molecule has 1 N–H and O–H groups in total. The molecular formula is C26H26Cl2N2O2. The Balaban J connectivity index is 1.57. The first-order chi connectivity index (χ1) is 15.2. The first kappa shape index (κ1) is 23.8. The van der Waals surface area contributed by atoms with Crippen molar-refractivity contribution in [2.24, 2.45) is 5.10 Å². The molecule has 4 nitrogen and oxygen atoms in total. The van der Waals surface area contributed by atoms with Gasteiger partial charge in [-0.05, 0) is 40.8 Å². The second kappa shape index (κ2) is 10.7. The van der Waals surface area contributed by atoms with Gasteiger partial charge in [-0.25, -0.2) is 5.43 Å². The summed E-state index contributed by atoms with van der Waals surface area (Å²) in [5.74, 6) is 0.449. The fourth-order valence-corrected chi connectivity index (χ4v) is 3.50. The van der Waals surface area contributed by atoms with Crippen molar-refractivity contribution < 1.29 is 9.53 Å². The van der Waals surface area contributed by atoms with Crippen LogP contribution >= 0.6 is 23.2 Å². The summed E-state index contributed by atoms with van der Waals surface area (Å²) in [5, 5.41) is 5.21. The first-order valence-electron chi connectivity index (χ1n) is 10.3. The van der Waals surface area contributed by atoms with Gasteiger partial charge in [-0.3, -0.25) is 4.79 Å². The molecule has 32 heavy (non-hydrogen) atoms. The molecular weight excluding hydrogens is 443 g/mol. The van der Waals surface area contributed by atoms with Gasteiger partial charge in [0.15, 0.2) is 0 Å². The van der Waals surface area contributed by atoms with Crippen LogP contribution in [0.2, 0.25) is 10.0 Å². The van der Waals surface area contributed by atoms with E-state index in [4.69, 9.17) is 27.9 Å². The maximum absolute atomic E-state index is 12.3. The number of hydrazone groups is 1. The predicted octanol–water partition coefficient (Wildman–Crippen LogP) is 6.56. The van der Waals surface area contributed by atoms with E-state index in [9.17, 15) is 4.79 Å². The van der Waals surface area contributed by atoms with Crippen LogP contribution < -0.4 is 10.2 Å². The van der Waals surface area contributed by atoms with Crippen LogP contribution in [0.25, 0.3) is 0 Å². The van der Waals surface area contributed by atoms with Gasteiger partial charge in [0.25, 0.3) is 0 Å². The van der Waals surface area contributed by atoms with Crippen LogP contribution in [-0.4, -0.2) is 12.1 Å². The van der Waals surface area contributed by atoms with Gasteiger partial charge in [-0.2, -0.15) is 5.10 Å². The minimum absolute atomic E-state index is 0.0828. The molecule has 0 aliphatic rings. The van der Waals surface area contributed by atoms with Gasteiger partial charge < -0.3 is 4.74 Å². The van der Waals surface area contributed by atoms with E-state index in [2.05, 4.69) is 43.4 Å². The van der Waals surface area contributed by atoms with Crippen molar-refractivity contribution in [1.29, 1.82) is 0 Å². The molecule has 0 unspecified atom stereocenters. The van der Waals surface area contributed by atoms with E-state index in [1.165, 1.54) is 5.56 Å². The highest BCUT2D eigenvalue weighted by molar-refractivity contribution is 6.35. The van der Waals surface area contributed by atoms with Crippen LogP contribution in [0.3, 0.4) is 0 Å². The molecule has 0 aliphatic heterocycles. The van der Waals surface area contributed by atoms with Crippen molar-refractivity contribution in [3.63, 3.8) is 0 Å². The zero-order chi connectivity index (χ0) is 23.1. The quantitative estimate of drug-likeness (QED) is 0.315. The molecule has 0 fully saturated rings. The molecule has 3 aromatic rings. The Labute approximate surface area is 199 Å². The fourth-order valence-electron chi connectivity index (χ4n) is 3.03. The third-order valence-corrected chi connectivity index (χ3v) is 5.48. The molecule has 6 heteroatoms. The van der Waals surface area contributed by atoms with Gasteiger partial charge in [-0.15, -0.1) is 0 Å². The average Bonchev–Trinajstić information content (AvgIpc) is 2.74. The number of nitrogens with zero attached hydrogens (tertiary/aromatic N) is 1. The number of benzene rings is 3. The molecule has 0 atom stereocenters. The molecule has 0 aliphatic carbocycles. The van der Waals surface area contributed by atoms with E-state index in [1.54, 1.807) is 18.3 Å². The third-order valence-electron chi connectivity index (χ3n) is 4.89. The highest BCUT2D eigenvalue weighted by Crippen LogP contribution is 2.24. The largest absolute Gasteiger partial charge is 0.488 e. The molecule has 1 amide bonds. The van der Waals surface area contributed by atoms with Crippen molar-refractivity contribution in [1.82, 2.24) is 5.43 Å². The Bertz CT molecular complexity index is 1100. The van der Waals surface area contributed by atoms with Gasteiger partial charge in [0, 0.05) is 21.2 Å². The van der Waals surface area contributed by atoms with Crippen LogP contribution in [0.4, 0.5) is 0 Å². The number of para-hydroxylation sites is 1. The fraction of sp³-hybridized carbons (Fsp3) is 0.231. The van der Waals surface area contributed by atoms with E-state index in [0.29, 0.717) is 15.8 Å². The number of ether oxygens (including phenoxy) is 1. The molecule has 3 rings (SSSR count). The number of amides is 1. The summed E-state index contributed by atoms with van der Waals surface area (Å²) >= 11 is 12.2. The molecule has 0 bridgehead atoms. The van der Waals surface area contributed by atoms with Gasteiger partial charge in [0.1, 0.15) is 12.4 Å². The third kappa shape index (κ3) is 6.84. The number of carbonyl (C=O) groups excluding carboxylic acids is 1. The summed E-state index contributed by atoms with van der Waals surface area (Å²) in [4.78, 5) is 12.3.